The summed E-state index contributed by atoms with van der Waals surface area (Å²) in [5.74, 6) is 0. The predicted octanol–water partition coefficient (Wildman–Crippen LogP) is -4.14. The van der Waals surface area contributed by atoms with Crippen molar-refractivity contribution in [2.24, 2.45) is 0 Å². The van der Waals surface area contributed by atoms with Crippen LogP contribution in [0.3, 0.4) is 0 Å². The van der Waals surface area contributed by atoms with E-state index in [9.17, 15) is 0 Å². The summed E-state index contributed by atoms with van der Waals surface area (Å²) in [5, 5.41) is 0. The molecule has 0 aromatic heterocycles. The zero-order valence-corrected chi connectivity index (χ0v) is 11.1. The Balaban J connectivity index is 0. The quantitative estimate of drug-likeness (QED) is 0.336. The van der Waals surface area contributed by atoms with E-state index in [0.717, 1.165) is 0 Å². The van der Waals surface area contributed by atoms with Crippen molar-refractivity contribution in [3.8, 4) is 0 Å². The van der Waals surface area contributed by atoms with Crippen molar-refractivity contribution >= 4 is 71.0 Å². The molecule has 0 saturated heterocycles. The van der Waals surface area contributed by atoms with Crippen molar-refractivity contribution in [1.82, 2.24) is 0 Å². The molecule has 5 heteroatoms. The molecule has 0 rings (SSSR count). The van der Waals surface area contributed by atoms with Gasteiger partial charge in [0.25, 0.3) is 0 Å². The van der Waals surface area contributed by atoms with Gasteiger partial charge in [-0.15, -0.1) is 0 Å². The van der Waals surface area contributed by atoms with Crippen LogP contribution in [0.5, 0.6) is 0 Å². The summed E-state index contributed by atoms with van der Waals surface area (Å²) in [6, 6.07) is 0. The Kier molecular flexibility index (Phi) is 199. The largest absolute Gasteiger partial charge is 5.00 e. The van der Waals surface area contributed by atoms with Crippen LogP contribution in [-0.2, 0) is 18.6 Å². The molecule has 0 heterocycles. The molecule has 0 aliphatic rings. The SMILES string of the molecule is [Li+].[Te-2].[Te-2].[Te-2].[V+5]. The van der Waals surface area contributed by atoms with Crippen LogP contribution in [0.15, 0.2) is 0 Å². The number of rotatable bonds is 0. The van der Waals surface area contributed by atoms with Crippen LogP contribution in [0.4, 0.5) is 0 Å². The maximum absolute atomic E-state index is 0. The van der Waals surface area contributed by atoms with Crippen LogP contribution < -0.4 is 18.9 Å². The fraction of sp³-hybridized carbons (Fsp3) is 0. The molecule has 0 radical (unpaired) electrons. The first kappa shape index (κ1) is 38.7. The number of hydrogen-bond donors (Lipinski definition) is 0. The standard InChI is InChI=1S/Li.3Te.V/q+1;3*-2;+5. The van der Waals surface area contributed by atoms with Crippen LogP contribution >= 0.6 is 0 Å². The molecule has 0 unspecified atom stereocenters. The fourth-order valence-corrected chi connectivity index (χ4v) is 0. The molecule has 0 nitrogen and oxygen atoms in total. The van der Waals surface area contributed by atoms with E-state index in [0.29, 0.717) is 0 Å². The third-order valence-electron chi connectivity index (χ3n) is 0. The first-order valence-electron chi connectivity index (χ1n) is 0. The third-order valence-corrected chi connectivity index (χ3v) is 0. The third kappa shape index (κ3) is 18.5. The molecule has 0 fully saturated rings. The molecule has 5 heavy (non-hydrogen) atoms. The zero-order valence-electron chi connectivity index (χ0n) is 2.67. The van der Waals surface area contributed by atoms with Gasteiger partial charge in [0.1, 0.15) is 0 Å². The normalized spacial score (nSPS) is 0. The summed E-state index contributed by atoms with van der Waals surface area (Å²) in [4.78, 5) is 0. The molecular weight excluding hydrogens is 441 g/mol. The summed E-state index contributed by atoms with van der Waals surface area (Å²) in [6.45, 7) is 0. The van der Waals surface area contributed by atoms with Crippen LogP contribution in [-0.4, -0.2) is 71.0 Å². The van der Waals surface area contributed by atoms with Gasteiger partial charge in [-0.25, -0.2) is 0 Å². The van der Waals surface area contributed by atoms with E-state index in [1.807, 2.05) is 0 Å². The van der Waals surface area contributed by atoms with Gasteiger partial charge in [0, 0.05) is 0 Å². The predicted molar refractivity (Wildman–Crippen MR) is 17.3 cm³/mol. The Labute approximate surface area is 106 Å². The second-order valence-corrected chi connectivity index (χ2v) is 0. The van der Waals surface area contributed by atoms with Crippen LogP contribution in [0.25, 0.3) is 0 Å². The number of hydrogen-bond acceptors (Lipinski definition) is 0. The van der Waals surface area contributed by atoms with Crippen molar-refractivity contribution in [1.29, 1.82) is 0 Å². The van der Waals surface area contributed by atoms with Crippen molar-refractivity contribution in [2.75, 3.05) is 0 Å². The first-order valence-corrected chi connectivity index (χ1v) is 0. The zero-order chi connectivity index (χ0) is 0. The molecule has 0 spiro atoms. The summed E-state index contributed by atoms with van der Waals surface area (Å²) in [5.41, 5.74) is 0. The van der Waals surface area contributed by atoms with E-state index in [-0.39, 0.29) is 108 Å². The minimum Gasteiger partial charge on any atom is -2.00 e. The first-order chi connectivity index (χ1) is 0. The average Bonchev–Trinajstić information content (AvgIpc) is 0. The second-order valence-electron chi connectivity index (χ2n) is 0. The van der Waals surface area contributed by atoms with Gasteiger partial charge in [-0.05, 0) is 0 Å². The Morgan fingerprint density at radius 2 is 0.600 bits per heavy atom. The molecule has 0 aliphatic heterocycles. The van der Waals surface area contributed by atoms with Gasteiger partial charge >= 0.3 is 37.4 Å². The maximum atomic E-state index is 0. The average molecular weight is 441 g/mol. The summed E-state index contributed by atoms with van der Waals surface area (Å²) >= 11 is 0. The maximum Gasteiger partial charge on any atom is 5.00 e. The van der Waals surface area contributed by atoms with Gasteiger partial charge in [0.15, 0.2) is 0 Å². The topological polar surface area (TPSA) is 0 Å². The van der Waals surface area contributed by atoms with Crippen molar-refractivity contribution in [3.63, 3.8) is 0 Å². The summed E-state index contributed by atoms with van der Waals surface area (Å²) < 4.78 is 0. The molecule has 0 saturated carbocycles. The molecule has 0 aliphatic carbocycles. The van der Waals surface area contributed by atoms with E-state index < -0.39 is 0 Å². The van der Waals surface area contributed by atoms with E-state index >= 15 is 0 Å². The summed E-state index contributed by atoms with van der Waals surface area (Å²) in [7, 11) is 0. The van der Waals surface area contributed by atoms with Gasteiger partial charge in [0.2, 0.25) is 0 Å². The van der Waals surface area contributed by atoms with Gasteiger partial charge < -0.3 is 71.0 Å². The molecule has 0 N–H and O–H groups in total. The summed E-state index contributed by atoms with van der Waals surface area (Å²) in [6.07, 6.45) is 0. The van der Waals surface area contributed by atoms with Crippen molar-refractivity contribution in [2.45, 2.75) is 0 Å². The van der Waals surface area contributed by atoms with Crippen LogP contribution in [0.2, 0.25) is 0 Å². The Bertz CT molecular complexity index is 6.85. The molecule has 0 amide bonds. The Hall–Kier alpha value is 3.55. The fourth-order valence-electron chi connectivity index (χ4n) is 0. The van der Waals surface area contributed by atoms with Crippen molar-refractivity contribution < 1.29 is 37.4 Å². The van der Waals surface area contributed by atoms with E-state index in [1.54, 1.807) is 0 Å². The van der Waals surface area contributed by atoms with Gasteiger partial charge in [-0.1, -0.05) is 0 Å². The van der Waals surface area contributed by atoms with Gasteiger partial charge in [-0.3, -0.25) is 0 Å². The second kappa shape index (κ2) is 25.7. The molecule has 24 valence electrons. The Morgan fingerprint density at radius 3 is 0.600 bits per heavy atom. The molecule has 0 atom stereocenters. The van der Waals surface area contributed by atoms with Crippen LogP contribution in [0.1, 0.15) is 0 Å². The van der Waals surface area contributed by atoms with Gasteiger partial charge in [-0.2, -0.15) is 0 Å². The van der Waals surface area contributed by atoms with E-state index in [1.165, 1.54) is 0 Å². The minimum atomic E-state index is 0. The smallest absolute Gasteiger partial charge is 2.00 e. The molecule has 0 aromatic rings. The molecular formula is LiTe3V. The van der Waals surface area contributed by atoms with Crippen molar-refractivity contribution in [3.05, 3.63) is 0 Å². The van der Waals surface area contributed by atoms with Gasteiger partial charge in [0.05, 0.1) is 0 Å². The Morgan fingerprint density at radius 1 is 0.600 bits per heavy atom. The monoisotopic (exact) mass is 448 g/mol. The van der Waals surface area contributed by atoms with E-state index in [2.05, 4.69) is 0 Å². The van der Waals surface area contributed by atoms with Crippen LogP contribution in [0, 0.1) is 0 Å². The molecule has 0 aromatic carbocycles. The molecule has 0 bridgehead atoms. The minimum absolute atomic E-state index is 0. The van der Waals surface area contributed by atoms with E-state index in [4.69, 9.17) is 0 Å².